The van der Waals surface area contributed by atoms with Gasteiger partial charge in [0.15, 0.2) is 10.9 Å². The third-order valence-corrected chi connectivity index (χ3v) is 3.26. The molecule has 0 aliphatic carbocycles. The average molecular weight is 311 g/mol. The van der Waals surface area contributed by atoms with Crippen LogP contribution in [0, 0.1) is 0 Å². The molecule has 0 unspecified atom stereocenters. The van der Waals surface area contributed by atoms with Gasteiger partial charge in [0.2, 0.25) is 0 Å². The van der Waals surface area contributed by atoms with Crippen LogP contribution in [-0.4, -0.2) is 11.6 Å². The molecule has 8 heteroatoms. The largest absolute Gasteiger partial charge is 0.432 e. The number of rotatable bonds is 3. The molecule has 0 atom stereocenters. The number of nitrogens with zero attached hydrogens (tertiary/aromatic N) is 1. The van der Waals surface area contributed by atoms with E-state index in [0.717, 1.165) is 0 Å². The van der Waals surface area contributed by atoms with Crippen molar-refractivity contribution in [3.05, 3.63) is 27.6 Å². The second-order valence-corrected chi connectivity index (χ2v) is 4.92. The Bertz CT molecular complexity index is 554. The monoisotopic (exact) mass is 310 g/mol. The van der Waals surface area contributed by atoms with E-state index in [4.69, 9.17) is 28.9 Å². The smallest absolute Gasteiger partial charge is 0.387 e. The van der Waals surface area contributed by atoms with Gasteiger partial charge in [0.05, 0.1) is 15.7 Å². The quantitative estimate of drug-likeness (QED) is 0.919. The molecule has 0 spiro atoms. The Kier molecular flexibility index (Phi) is 3.89. The van der Waals surface area contributed by atoms with Crippen LogP contribution in [0.5, 0.6) is 5.75 Å². The number of nitrogens with two attached hydrogens (primary N) is 1. The molecule has 1 heterocycles. The summed E-state index contributed by atoms with van der Waals surface area (Å²) in [6.07, 6.45) is 0. The van der Waals surface area contributed by atoms with Crippen molar-refractivity contribution in [1.29, 1.82) is 0 Å². The number of anilines is 1. The van der Waals surface area contributed by atoms with Crippen LogP contribution in [-0.2, 0) is 0 Å². The summed E-state index contributed by atoms with van der Waals surface area (Å²) in [7, 11) is 0. The summed E-state index contributed by atoms with van der Waals surface area (Å²) < 4.78 is 28.5. The third-order valence-electron chi connectivity index (χ3n) is 2.02. The van der Waals surface area contributed by atoms with Gasteiger partial charge in [-0.25, -0.2) is 4.98 Å². The van der Waals surface area contributed by atoms with Crippen molar-refractivity contribution in [3.8, 4) is 17.0 Å². The minimum Gasteiger partial charge on any atom is -0.432 e. The van der Waals surface area contributed by atoms with Crippen molar-refractivity contribution in [1.82, 2.24) is 4.98 Å². The van der Waals surface area contributed by atoms with Crippen LogP contribution in [0.1, 0.15) is 0 Å². The molecule has 1 aromatic carbocycles. The summed E-state index contributed by atoms with van der Waals surface area (Å²) in [4.78, 5) is 4.04. The highest BCUT2D eigenvalue weighted by atomic mass is 35.5. The van der Waals surface area contributed by atoms with Gasteiger partial charge in [-0.15, -0.1) is 11.3 Å². The second-order valence-electron chi connectivity index (χ2n) is 3.22. The highest BCUT2D eigenvalue weighted by molar-refractivity contribution is 7.13. The number of nitrogen functional groups attached to an aromatic ring is 1. The number of benzene rings is 1. The number of aromatic nitrogens is 1. The molecule has 0 amide bonds. The predicted molar refractivity (Wildman–Crippen MR) is 68.6 cm³/mol. The van der Waals surface area contributed by atoms with Crippen molar-refractivity contribution < 1.29 is 13.5 Å². The maximum Gasteiger partial charge on any atom is 0.387 e. The van der Waals surface area contributed by atoms with Crippen molar-refractivity contribution in [2.75, 3.05) is 5.73 Å². The van der Waals surface area contributed by atoms with E-state index in [9.17, 15) is 8.78 Å². The molecule has 2 rings (SSSR count). The maximum atomic E-state index is 12.1. The number of alkyl halides is 2. The molecule has 0 aliphatic rings. The van der Waals surface area contributed by atoms with Gasteiger partial charge in [-0.2, -0.15) is 8.78 Å². The summed E-state index contributed by atoms with van der Waals surface area (Å²) in [6, 6.07) is 2.89. The molecule has 3 nitrogen and oxygen atoms in total. The van der Waals surface area contributed by atoms with Gasteiger partial charge in [0.1, 0.15) is 0 Å². The van der Waals surface area contributed by atoms with Gasteiger partial charge in [0.25, 0.3) is 0 Å². The van der Waals surface area contributed by atoms with E-state index in [0.29, 0.717) is 16.4 Å². The summed E-state index contributed by atoms with van der Waals surface area (Å²) in [6.45, 7) is -2.99. The number of hydrogen-bond donors (Lipinski definition) is 1. The molecule has 2 aromatic rings. The number of ether oxygens (including phenoxy) is 1. The molecule has 0 aliphatic heterocycles. The molecule has 0 saturated heterocycles. The van der Waals surface area contributed by atoms with E-state index in [1.54, 1.807) is 5.38 Å². The van der Waals surface area contributed by atoms with Crippen molar-refractivity contribution in [2.45, 2.75) is 6.61 Å². The standard InChI is InChI=1S/C10H6Cl2F2N2OS/c11-5-1-4(7-3-18-10(15)16-7)2-6(12)8(5)17-9(13)14/h1-3,9H,(H2,15,16). The zero-order chi connectivity index (χ0) is 13.3. The zero-order valence-electron chi connectivity index (χ0n) is 8.66. The lowest BCUT2D eigenvalue weighted by atomic mass is 10.1. The molecule has 0 bridgehead atoms. The molecule has 18 heavy (non-hydrogen) atoms. The number of thiazole rings is 1. The van der Waals surface area contributed by atoms with Crippen LogP contribution in [0.15, 0.2) is 17.5 Å². The van der Waals surface area contributed by atoms with E-state index < -0.39 is 6.61 Å². The Labute approximate surface area is 115 Å². The van der Waals surface area contributed by atoms with Gasteiger partial charge < -0.3 is 10.5 Å². The Morgan fingerprint density at radius 1 is 1.28 bits per heavy atom. The Morgan fingerprint density at radius 2 is 1.89 bits per heavy atom. The molecular weight excluding hydrogens is 305 g/mol. The average Bonchev–Trinajstić information content (AvgIpc) is 2.70. The van der Waals surface area contributed by atoms with Gasteiger partial charge in [-0.05, 0) is 12.1 Å². The first-order valence-electron chi connectivity index (χ1n) is 4.62. The molecule has 1 aromatic heterocycles. The van der Waals surface area contributed by atoms with Crippen LogP contribution in [0.4, 0.5) is 13.9 Å². The first kappa shape index (κ1) is 13.3. The molecule has 0 saturated carbocycles. The summed E-state index contributed by atoms with van der Waals surface area (Å²) >= 11 is 12.9. The van der Waals surface area contributed by atoms with Crippen molar-refractivity contribution in [3.63, 3.8) is 0 Å². The number of hydrogen-bond acceptors (Lipinski definition) is 4. The molecule has 0 fully saturated rings. The fraction of sp³-hybridized carbons (Fsp3) is 0.100. The van der Waals surface area contributed by atoms with Crippen LogP contribution in [0.3, 0.4) is 0 Å². The highest BCUT2D eigenvalue weighted by Gasteiger charge is 2.15. The van der Waals surface area contributed by atoms with E-state index in [1.165, 1.54) is 23.5 Å². The predicted octanol–water partition coefficient (Wildman–Crippen LogP) is 4.30. The Hall–Kier alpha value is -1.11. The van der Waals surface area contributed by atoms with Crippen LogP contribution >= 0.6 is 34.5 Å². The number of halogens is 4. The zero-order valence-corrected chi connectivity index (χ0v) is 11.0. The minimum absolute atomic E-state index is 0.00984. The summed E-state index contributed by atoms with van der Waals surface area (Å²) in [5.74, 6) is -0.250. The van der Waals surface area contributed by atoms with Crippen molar-refractivity contribution >= 4 is 39.7 Å². The van der Waals surface area contributed by atoms with Crippen LogP contribution in [0.2, 0.25) is 10.0 Å². The van der Waals surface area contributed by atoms with Gasteiger partial charge >= 0.3 is 6.61 Å². The lowest BCUT2D eigenvalue weighted by molar-refractivity contribution is -0.0497. The molecule has 0 radical (unpaired) electrons. The van der Waals surface area contributed by atoms with Crippen LogP contribution < -0.4 is 10.5 Å². The van der Waals surface area contributed by atoms with E-state index >= 15 is 0 Å². The van der Waals surface area contributed by atoms with E-state index in [2.05, 4.69) is 9.72 Å². The van der Waals surface area contributed by atoms with Gasteiger partial charge in [0, 0.05) is 10.9 Å². The first-order valence-corrected chi connectivity index (χ1v) is 6.26. The van der Waals surface area contributed by atoms with E-state index in [-0.39, 0.29) is 15.8 Å². The summed E-state index contributed by atoms with van der Waals surface area (Å²) in [5.41, 5.74) is 6.66. The van der Waals surface area contributed by atoms with Crippen molar-refractivity contribution in [2.24, 2.45) is 0 Å². The lowest BCUT2D eigenvalue weighted by Gasteiger charge is -2.09. The lowest BCUT2D eigenvalue weighted by Crippen LogP contribution is -2.03. The van der Waals surface area contributed by atoms with Crippen LogP contribution in [0.25, 0.3) is 11.3 Å². The fourth-order valence-electron chi connectivity index (χ4n) is 1.33. The van der Waals surface area contributed by atoms with Gasteiger partial charge in [-0.1, -0.05) is 23.2 Å². The van der Waals surface area contributed by atoms with Gasteiger partial charge in [-0.3, -0.25) is 0 Å². The molecule has 96 valence electrons. The Balaban J connectivity index is 2.42. The minimum atomic E-state index is -2.99. The SMILES string of the molecule is Nc1nc(-c2cc(Cl)c(OC(F)F)c(Cl)c2)cs1. The highest BCUT2D eigenvalue weighted by Crippen LogP contribution is 2.38. The molecule has 2 N–H and O–H groups in total. The maximum absolute atomic E-state index is 12.1. The molecular formula is C10H6Cl2F2N2OS. The van der Waals surface area contributed by atoms with E-state index in [1.807, 2.05) is 0 Å². The Morgan fingerprint density at radius 3 is 2.33 bits per heavy atom. The first-order chi connectivity index (χ1) is 8.47. The summed E-state index contributed by atoms with van der Waals surface area (Å²) in [5, 5.41) is 2.09. The third kappa shape index (κ3) is 2.82. The fourth-order valence-corrected chi connectivity index (χ4v) is 2.48. The second kappa shape index (κ2) is 5.26. The normalized spacial score (nSPS) is 10.9. The topological polar surface area (TPSA) is 48.1 Å².